The van der Waals surface area contributed by atoms with Gasteiger partial charge in [0.25, 0.3) is 0 Å². The lowest BCUT2D eigenvalue weighted by molar-refractivity contribution is -0.122. The molecule has 1 saturated carbocycles. The van der Waals surface area contributed by atoms with Crippen LogP contribution in [0.1, 0.15) is 44.9 Å². The second kappa shape index (κ2) is 7.25. The number of likely N-dealkylation sites (tertiary alicyclic amines) is 1. The minimum atomic E-state index is 0.249. The normalized spacial score (nSPS) is 30.2. The van der Waals surface area contributed by atoms with Crippen molar-refractivity contribution < 1.29 is 4.79 Å². The van der Waals surface area contributed by atoms with Crippen molar-refractivity contribution in [3.63, 3.8) is 0 Å². The molecule has 0 aromatic rings. The maximum Gasteiger partial charge on any atom is 0.220 e. The van der Waals surface area contributed by atoms with Crippen LogP contribution in [0.2, 0.25) is 0 Å². The zero-order valence-corrected chi connectivity index (χ0v) is 12.2. The summed E-state index contributed by atoms with van der Waals surface area (Å²) in [4.78, 5) is 14.3. The minimum Gasteiger partial charge on any atom is -0.356 e. The van der Waals surface area contributed by atoms with E-state index < -0.39 is 0 Å². The Morgan fingerprint density at radius 1 is 1.11 bits per heavy atom. The van der Waals surface area contributed by atoms with Crippen molar-refractivity contribution in [1.29, 1.82) is 0 Å². The Labute approximate surface area is 117 Å². The van der Waals surface area contributed by atoms with Crippen molar-refractivity contribution in [2.75, 3.05) is 26.7 Å². The monoisotopic (exact) mass is 267 g/mol. The third kappa shape index (κ3) is 5.11. The summed E-state index contributed by atoms with van der Waals surface area (Å²) >= 11 is 0. The first-order valence-electron chi connectivity index (χ1n) is 7.84. The van der Waals surface area contributed by atoms with E-state index in [9.17, 15) is 4.79 Å². The molecule has 0 aromatic carbocycles. The molecule has 1 saturated heterocycles. The number of piperidine rings is 1. The number of carbonyl (C=O) groups excluding carboxylic acids is 1. The molecule has 0 unspecified atom stereocenters. The second-order valence-electron chi connectivity index (χ2n) is 6.54. The lowest BCUT2D eigenvalue weighted by Crippen LogP contribution is -2.37. The molecule has 3 N–H and O–H groups in total. The number of nitrogens with two attached hydrogens (primary N) is 1. The summed E-state index contributed by atoms with van der Waals surface area (Å²) in [5, 5.41) is 3.14. The molecule has 2 fully saturated rings. The number of hydrogen-bond donors (Lipinski definition) is 2. The fraction of sp³-hybridized carbons (Fsp3) is 0.933. The maximum atomic E-state index is 11.9. The van der Waals surface area contributed by atoms with Gasteiger partial charge < -0.3 is 16.0 Å². The topological polar surface area (TPSA) is 58.4 Å². The Kier molecular flexibility index (Phi) is 5.64. The van der Waals surface area contributed by atoms with Crippen LogP contribution < -0.4 is 11.1 Å². The lowest BCUT2D eigenvalue weighted by Gasteiger charge is -2.29. The van der Waals surface area contributed by atoms with Gasteiger partial charge in [-0.2, -0.15) is 0 Å². The molecule has 0 atom stereocenters. The van der Waals surface area contributed by atoms with Gasteiger partial charge in [0.05, 0.1) is 0 Å². The van der Waals surface area contributed by atoms with Crippen molar-refractivity contribution in [2.45, 2.75) is 51.0 Å². The molecule has 1 aliphatic heterocycles. The van der Waals surface area contributed by atoms with Gasteiger partial charge in [0.1, 0.15) is 0 Å². The molecule has 1 heterocycles. The van der Waals surface area contributed by atoms with Gasteiger partial charge in [0.15, 0.2) is 0 Å². The van der Waals surface area contributed by atoms with Gasteiger partial charge >= 0.3 is 0 Å². The van der Waals surface area contributed by atoms with Gasteiger partial charge in [0.2, 0.25) is 5.91 Å². The Hall–Kier alpha value is -0.610. The van der Waals surface area contributed by atoms with Crippen LogP contribution in [0, 0.1) is 11.8 Å². The fourth-order valence-corrected chi connectivity index (χ4v) is 3.25. The van der Waals surface area contributed by atoms with Gasteiger partial charge in [-0.25, -0.2) is 0 Å². The van der Waals surface area contributed by atoms with E-state index in [0.717, 1.165) is 32.2 Å². The van der Waals surface area contributed by atoms with Crippen LogP contribution in [0.5, 0.6) is 0 Å². The van der Waals surface area contributed by atoms with Crippen molar-refractivity contribution in [2.24, 2.45) is 17.6 Å². The molecule has 1 amide bonds. The highest BCUT2D eigenvalue weighted by Crippen LogP contribution is 2.25. The van der Waals surface area contributed by atoms with Crippen LogP contribution >= 0.6 is 0 Å². The summed E-state index contributed by atoms with van der Waals surface area (Å²) < 4.78 is 0. The summed E-state index contributed by atoms with van der Waals surface area (Å²) in [5.74, 6) is 1.50. The molecule has 0 spiro atoms. The average Bonchev–Trinajstić information content (AvgIpc) is 2.41. The van der Waals surface area contributed by atoms with E-state index in [1.165, 1.54) is 25.9 Å². The van der Waals surface area contributed by atoms with Crippen molar-refractivity contribution in [3.05, 3.63) is 0 Å². The summed E-state index contributed by atoms with van der Waals surface area (Å²) in [5.41, 5.74) is 5.89. The van der Waals surface area contributed by atoms with E-state index in [1.807, 2.05) is 0 Å². The SMILES string of the molecule is CN1CCC(CNC(=O)CC2CCC(N)CC2)CC1. The third-order valence-electron chi connectivity index (χ3n) is 4.79. The van der Waals surface area contributed by atoms with Gasteiger partial charge in [-0.05, 0) is 70.5 Å². The number of nitrogens with one attached hydrogen (secondary N) is 1. The van der Waals surface area contributed by atoms with E-state index in [1.54, 1.807) is 0 Å². The van der Waals surface area contributed by atoms with Crippen LogP contribution in [-0.2, 0) is 4.79 Å². The second-order valence-corrected chi connectivity index (χ2v) is 6.54. The van der Waals surface area contributed by atoms with Crippen LogP contribution in [0.4, 0.5) is 0 Å². The quantitative estimate of drug-likeness (QED) is 0.808. The summed E-state index contributed by atoms with van der Waals surface area (Å²) in [6.07, 6.45) is 7.58. The van der Waals surface area contributed by atoms with E-state index in [2.05, 4.69) is 17.3 Å². The Bertz CT molecular complexity index is 279. The van der Waals surface area contributed by atoms with Crippen LogP contribution in [0.25, 0.3) is 0 Å². The first-order valence-corrected chi connectivity index (χ1v) is 7.84. The molecule has 2 aliphatic rings. The summed E-state index contributed by atoms with van der Waals surface area (Å²) in [6, 6.07) is 0.374. The molecule has 2 rings (SSSR count). The number of rotatable bonds is 4. The van der Waals surface area contributed by atoms with Crippen LogP contribution in [-0.4, -0.2) is 43.5 Å². The molecule has 4 nitrogen and oxygen atoms in total. The highest BCUT2D eigenvalue weighted by Gasteiger charge is 2.22. The molecule has 0 bridgehead atoms. The Morgan fingerprint density at radius 2 is 1.74 bits per heavy atom. The number of amides is 1. The molecule has 110 valence electrons. The number of carbonyl (C=O) groups is 1. The van der Waals surface area contributed by atoms with Crippen molar-refractivity contribution >= 4 is 5.91 Å². The number of hydrogen-bond acceptors (Lipinski definition) is 3. The molecule has 1 aliphatic carbocycles. The largest absolute Gasteiger partial charge is 0.356 e. The van der Waals surface area contributed by atoms with Gasteiger partial charge in [-0.1, -0.05) is 0 Å². The predicted molar refractivity (Wildman–Crippen MR) is 77.8 cm³/mol. The summed E-state index contributed by atoms with van der Waals surface area (Å²) in [7, 11) is 2.17. The minimum absolute atomic E-state index is 0.249. The van der Waals surface area contributed by atoms with E-state index in [-0.39, 0.29) is 5.91 Å². The van der Waals surface area contributed by atoms with Gasteiger partial charge in [-0.15, -0.1) is 0 Å². The highest BCUT2D eigenvalue weighted by molar-refractivity contribution is 5.76. The summed E-state index contributed by atoms with van der Waals surface area (Å²) in [6.45, 7) is 3.21. The van der Waals surface area contributed by atoms with E-state index in [4.69, 9.17) is 5.73 Å². The standard InChI is InChI=1S/C15H29N3O/c1-18-8-6-13(7-9-18)11-17-15(19)10-12-2-4-14(16)5-3-12/h12-14H,2-11,16H2,1H3,(H,17,19). The van der Waals surface area contributed by atoms with Crippen LogP contribution in [0.15, 0.2) is 0 Å². The molecule has 19 heavy (non-hydrogen) atoms. The predicted octanol–water partition coefficient (Wildman–Crippen LogP) is 1.35. The molecular weight excluding hydrogens is 238 g/mol. The first kappa shape index (κ1) is 14.8. The molecule has 4 heteroatoms. The first-order chi connectivity index (χ1) is 9.13. The average molecular weight is 267 g/mol. The fourth-order valence-electron chi connectivity index (χ4n) is 3.25. The van der Waals surface area contributed by atoms with Crippen molar-refractivity contribution in [1.82, 2.24) is 10.2 Å². The van der Waals surface area contributed by atoms with E-state index in [0.29, 0.717) is 24.3 Å². The lowest BCUT2D eigenvalue weighted by atomic mass is 9.84. The zero-order chi connectivity index (χ0) is 13.7. The Balaban J connectivity index is 1.59. The van der Waals surface area contributed by atoms with Crippen LogP contribution in [0.3, 0.4) is 0 Å². The van der Waals surface area contributed by atoms with Gasteiger partial charge in [0, 0.05) is 19.0 Å². The molecule has 0 radical (unpaired) electrons. The molecule has 0 aromatic heterocycles. The van der Waals surface area contributed by atoms with Crippen molar-refractivity contribution in [3.8, 4) is 0 Å². The smallest absolute Gasteiger partial charge is 0.220 e. The van der Waals surface area contributed by atoms with Gasteiger partial charge in [-0.3, -0.25) is 4.79 Å². The van der Waals surface area contributed by atoms with E-state index >= 15 is 0 Å². The third-order valence-corrected chi connectivity index (χ3v) is 4.79. The number of nitrogens with zero attached hydrogens (tertiary/aromatic N) is 1. The highest BCUT2D eigenvalue weighted by atomic mass is 16.1. The Morgan fingerprint density at radius 3 is 2.37 bits per heavy atom. The zero-order valence-electron chi connectivity index (χ0n) is 12.2. The molecular formula is C15H29N3O. The maximum absolute atomic E-state index is 11.9.